The Hall–Kier alpha value is -2.58. The Morgan fingerprint density at radius 3 is 2.77 bits per heavy atom. The molecule has 0 N–H and O–H groups in total. The van der Waals surface area contributed by atoms with E-state index >= 15 is 0 Å². The van der Waals surface area contributed by atoms with Crippen LogP contribution in [0.3, 0.4) is 0 Å². The second-order valence-electron chi connectivity index (χ2n) is 5.63. The molecule has 0 atom stereocenters. The summed E-state index contributed by atoms with van der Waals surface area (Å²) in [5.41, 5.74) is 0.602. The number of thiazole rings is 1. The quantitative estimate of drug-likeness (QED) is 0.463. The lowest BCUT2D eigenvalue weighted by Crippen LogP contribution is -2.25. The summed E-state index contributed by atoms with van der Waals surface area (Å²) in [6, 6.07) is 12.8. The molecule has 4 rings (SSSR count). The molecule has 0 saturated heterocycles. The lowest BCUT2D eigenvalue weighted by molar-refractivity contribution is -0.132. The zero-order valence-electron chi connectivity index (χ0n) is 13.6. The van der Waals surface area contributed by atoms with Crippen LogP contribution in [0.15, 0.2) is 51.7 Å². The van der Waals surface area contributed by atoms with Crippen LogP contribution >= 0.6 is 27.3 Å². The number of rotatable bonds is 3. The zero-order valence-corrected chi connectivity index (χ0v) is 16.0. The number of hydrogen-bond donors (Lipinski definition) is 0. The van der Waals surface area contributed by atoms with Crippen molar-refractivity contribution in [3.8, 4) is 5.88 Å². The molecule has 0 bridgehead atoms. The van der Waals surface area contributed by atoms with Crippen LogP contribution in [0, 0.1) is 0 Å². The van der Waals surface area contributed by atoms with Gasteiger partial charge in [0.25, 0.3) is 5.56 Å². The molecule has 0 radical (unpaired) electrons. The third-order valence-electron chi connectivity index (χ3n) is 3.75. The maximum absolute atomic E-state index is 12.8. The Bertz CT molecular complexity index is 1220. The highest BCUT2D eigenvalue weighted by molar-refractivity contribution is 9.10. The van der Waals surface area contributed by atoms with Gasteiger partial charge in [-0.3, -0.25) is 9.59 Å². The van der Waals surface area contributed by atoms with Crippen LogP contribution in [0.25, 0.3) is 21.0 Å². The van der Waals surface area contributed by atoms with Gasteiger partial charge in [-0.2, -0.15) is 0 Å². The minimum absolute atomic E-state index is 0.122. The smallest absolute Gasteiger partial charge is 0.309 e. The number of carbonyl (C=O) groups excluding carboxylic acids is 1. The van der Waals surface area contributed by atoms with Crippen molar-refractivity contribution in [3.63, 3.8) is 0 Å². The third-order valence-corrected chi connectivity index (χ3v) is 5.27. The maximum atomic E-state index is 12.8. The summed E-state index contributed by atoms with van der Waals surface area (Å²) in [6.07, 6.45) is 0. The molecule has 4 aromatic rings. The van der Waals surface area contributed by atoms with E-state index in [0.29, 0.717) is 10.8 Å². The van der Waals surface area contributed by atoms with Crippen LogP contribution in [0.4, 0.5) is 0 Å². The van der Waals surface area contributed by atoms with Crippen molar-refractivity contribution in [3.05, 3.63) is 62.3 Å². The lowest BCUT2D eigenvalue weighted by atomic mass is 10.2. The summed E-state index contributed by atoms with van der Waals surface area (Å²) >= 11 is 4.92. The predicted octanol–water partition coefficient (Wildman–Crippen LogP) is 3.74. The molecule has 0 amide bonds. The van der Waals surface area contributed by atoms with Crippen molar-refractivity contribution in [2.75, 3.05) is 0 Å². The van der Waals surface area contributed by atoms with E-state index in [9.17, 15) is 9.59 Å². The van der Waals surface area contributed by atoms with E-state index in [1.165, 1.54) is 22.9 Å². The van der Waals surface area contributed by atoms with E-state index in [-0.39, 0.29) is 18.0 Å². The number of aromatic nitrogens is 3. The van der Waals surface area contributed by atoms with Crippen molar-refractivity contribution < 1.29 is 9.53 Å². The number of hydrogen-bond acceptors (Lipinski definition) is 6. The summed E-state index contributed by atoms with van der Waals surface area (Å²) < 4.78 is 8.46. The Morgan fingerprint density at radius 2 is 2.00 bits per heavy atom. The molecule has 0 aliphatic rings. The van der Waals surface area contributed by atoms with Crippen LogP contribution in [0.5, 0.6) is 5.88 Å². The van der Waals surface area contributed by atoms with Crippen LogP contribution < -0.4 is 10.3 Å². The molecule has 0 unspecified atom stereocenters. The molecule has 0 fully saturated rings. The van der Waals surface area contributed by atoms with Crippen molar-refractivity contribution in [1.29, 1.82) is 0 Å². The first-order chi connectivity index (χ1) is 12.5. The van der Waals surface area contributed by atoms with E-state index in [4.69, 9.17) is 4.74 Å². The van der Waals surface area contributed by atoms with E-state index in [1.807, 2.05) is 18.2 Å². The summed E-state index contributed by atoms with van der Waals surface area (Å²) in [7, 11) is 0. The number of esters is 1. The summed E-state index contributed by atoms with van der Waals surface area (Å²) in [5.74, 6) is -0.366. The van der Waals surface area contributed by atoms with E-state index < -0.39 is 5.97 Å². The first-order valence-corrected chi connectivity index (χ1v) is 9.35. The maximum Gasteiger partial charge on any atom is 0.309 e. The van der Waals surface area contributed by atoms with Gasteiger partial charge in [0.05, 0.1) is 27.5 Å². The fraction of sp³-hybridized carbons (Fsp3) is 0.111. The van der Waals surface area contributed by atoms with Crippen LogP contribution in [-0.2, 0) is 11.3 Å². The molecule has 6 nitrogen and oxygen atoms in total. The molecule has 26 heavy (non-hydrogen) atoms. The standard InChI is InChI=1S/C18H12BrN3O3S/c1-10(23)25-17-12-4-2-3-5-13(12)18(24)22(21-17)9-16-20-14-8-11(19)6-7-15(14)26-16/h2-8H,9H2,1H3. The molecule has 130 valence electrons. The highest BCUT2D eigenvalue weighted by Gasteiger charge is 2.14. The fourth-order valence-electron chi connectivity index (χ4n) is 2.67. The van der Waals surface area contributed by atoms with E-state index in [1.54, 1.807) is 24.3 Å². The molecule has 0 aliphatic heterocycles. The Labute approximate surface area is 160 Å². The molecule has 0 spiro atoms. The minimum Gasteiger partial charge on any atom is -0.405 e. The van der Waals surface area contributed by atoms with Gasteiger partial charge >= 0.3 is 5.97 Å². The number of fused-ring (bicyclic) bond motifs is 2. The van der Waals surface area contributed by atoms with Gasteiger partial charge in [-0.1, -0.05) is 28.1 Å². The van der Waals surface area contributed by atoms with Gasteiger partial charge in [-0.25, -0.2) is 9.67 Å². The predicted molar refractivity (Wildman–Crippen MR) is 104 cm³/mol. The highest BCUT2D eigenvalue weighted by atomic mass is 79.9. The molecular weight excluding hydrogens is 418 g/mol. The number of carbonyl (C=O) groups is 1. The lowest BCUT2D eigenvalue weighted by Gasteiger charge is -2.09. The second-order valence-corrected chi connectivity index (χ2v) is 7.66. The van der Waals surface area contributed by atoms with Crippen molar-refractivity contribution in [2.24, 2.45) is 0 Å². The Kier molecular flexibility index (Phi) is 4.29. The van der Waals surface area contributed by atoms with Gasteiger partial charge in [-0.15, -0.1) is 16.4 Å². The SMILES string of the molecule is CC(=O)Oc1nn(Cc2nc3cc(Br)ccc3s2)c(=O)c2ccccc12. The normalized spacial score (nSPS) is 11.2. The van der Waals surface area contributed by atoms with Crippen molar-refractivity contribution in [1.82, 2.24) is 14.8 Å². The molecule has 8 heteroatoms. The van der Waals surface area contributed by atoms with E-state index in [0.717, 1.165) is 19.7 Å². The second kappa shape index (κ2) is 6.62. The number of halogens is 1. The topological polar surface area (TPSA) is 74.1 Å². The first kappa shape index (κ1) is 16.9. The van der Waals surface area contributed by atoms with Gasteiger partial charge in [0.15, 0.2) is 0 Å². The van der Waals surface area contributed by atoms with E-state index in [2.05, 4.69) is 26.0 Å². The van der Waals surface area contributed by atoms with Gasteiger partial charge in [0, 0.05) is 11.4 Å². The monoisotopic (exact) mass is 429 g/mol. The number of nitrogens with zero attached hydrogens (tertiary/aromatic N) is 3. The fourth-order valence-corrected chi connectivity index (χ4v) is 3.95. The summed E-state index contributed by atoms with van der Waals surface area (Å²) in [4.78, 5) is 28.7. The summed E-state index contributed by atoms with van der Waals surface area (Å²) in [5, 5.41) is 5.95. The molecule has 2 aromatic heterocycles. The van der Waals surface area contributed by atoms with Crippen molar-refractivity contribution in [2.45, 2.75) is 13.5 Å². The van der Waals surface area contributed by atoms with Gasteiger partial charge in [0.2, 0.25) is 5.88 Å². The van der Waals surface area contributed by atoms with Crippen LogP contribution in [0.1, 0.15) is 11.9 Å². The average molecular weight is 430 g/mol. The Balaban J connectivity index is 1.83. The minimum atomic E-state index is -0.488. The highest BCUT2D eigenvalue weighted by Crippen LogP contribution is 2.26. The molecule has 2 heterocycles. The zero-order chi connectivity index (χ0) is 18.3. The van der Waals surface area contributed by atoms with Gasteiger partial charge in [-0.05, 0) is 30.3 Å². The first-order valence-electron chi connectivity index (χ1n) is 7.74. The third kappa shape index (κ3) is 3.13. The largest absolute Gasteiger partial charge is 0.405 e. The average Bonchev–Trinajstić information content (AvgIpc) is 3.00. The molecule has 0 aliphatic carbocycles. The van der Waals surface area contributed by atoms with Gasteiger partial charge in [0.1, 0.15) is 5.01 Å². The number of ether oxygens (including phenoxy) is 1. The summed E-state index contributed by atoms with van der Waals surface area (Å²) in [6.45, 7) is 1.51. The van der Waals surface area contributed by atoms with Gasteiger partial charge < -0.3 is 4.74 Å². The molecule has 2 aromatic carbocycles. The Morgan fingerprint density at radius 1 is 1.23 bits per heavy atom. The van der Waals surface area contributed by atoms with Crippen LogP contribution in [-0.4, -0.2) is 20.7 Å². The van der Waals surface area contributed by atoms with Crippen LogP contribution in [0.2, 0.25) is 0 Å². The molecule has 0 saturated carbocycles. The number of benzene rings is 2. The van der Waals surface area contributed by atoms with Crippen molar-refractivity contribution >= 4 is 54.2 Å². The molecular formula is C18H12BrN3O3S.